The fourth-order valence-corrected chi connectivity index (χ4v) is 10.9. The molecule has 2 amide bonds. The lowest BCUT2D eigenvalue weighted by Gasteiger charge is -2.58. The number of pyridine rings is 1. The molecule has 3 aliphatic rings. The molecule has 10 nitrogen and oxygen atoms in total. The van der Waals surface area contributed by atoms with Gasteiger partial charge in [-0.25, -0.2) is 19.6 Å². The lowest BCUT2D eigenvalue weighted by Crippen LogP contribution is -2.53. The van der Waals surface area contributed by atoms with Gasteiger partial charge in [0.25, 0.3) is 0 Å². The average Bonchev–Trinajstić information content (AvgIpc) is 3.72. The third-order valence-corrected chi connectivity index (χ3v) is 13.1. The first-order chi connectivity index (χ1) is 25.5. The minimum absolute atomic E-state index is 0.0178. The molecule has 2 aliphatic carbocycles. The second-order valence-electron chi connectivity index (χ2n) is 16.0. The van der Waals surface area contributed by atoms with E-state index in [1.807, 2.05) is 68.6 Å². The Morgan fingerprint density at radius 2 is 1.87 bits per heavy atom. The van der Waals surface area contributed by atoms with E-state index in [4.69, 9.17) is 14.8 Å². The van der Waals surface area contributed by atoms with E-state index in [2.05, 4.69) is 28.8 Å². The molecule has 5 aromatic rings. The molecule has 2 bridgehead atoms. The second-order valence-corrected chi connectivity index (χ2v) is 17.1. The van der Waals surface area contributed by atoms with Crippen molar-refractivity contribution in [2.75, 3.05) is 23.9 Å². The molecule has 0 spiro atoms. The highest BCUT2D eigenvalue weighted by molar-refractivity contribution is 7.22. The third-order valence-electron chi connectivity index (χ3n) is 12.1. The molecule has 3 atom stereocenters. The molecule has 4 heterocycles. The highest BCUT2D eigenvalue weighted by Crippen LogP contribution is 2.61. The fraction of sp³-hybridized carbons (Fsp3) is 0.452. The van der Waals surface area contributed by atoms with Gasteiger partial charge in [-0.3, -0.25) is 14.9 Å². The number of hydrogen-bond acceptors (Lipinski definition) is 7. The minimum atomic E-state index is -1.10. The number of ether oxygens (including phenoxy) is 1. The van der Waals surface area contributed by atoms with Crippen molar-refractivity contribution in [3.05, 3.63) is 77.7 Å². The van der Waals surface area contributed by atoms with Gasteiger partial charge in [-0.15, -0.1) is 0 Å². The number of nitrogens with one attached hydrogen (secondary N) is 1. The summed E-state index contributed by atoms with van der Waals surface area (Å²) in [6.07, 6.45) is 12.5. The molecule has 2 N–H and O–H groups in total. The molecule has 3 aromatic heterocycles. The van der Waals surface area contributed by atoms with Crippen molar-refractivity contribution in [2.24, 2.45) is 10.8 Å². The maximum absolute atomic E-state index is 13.6. The first kappa shape index (κ1) is 35.4. The summed E-state index contributed by atoms with van der Waals surface area (Å²) < 4.78 is 9.44. The number of urea groups is 1. The van der Waals surface area contributed by atoms with E-state index in [1.54, 1.807) is 11.1 Å². The number of anilines is 2. The summed E-state index contributed by atoms with van der Waals surface area (Å²) in [6.45, 7) is 8.08. The number of thiazole rings is 1. The van der Waals surface area contributed by atoms with Crippen molar-refractivity contribution in [3.63, 3.8) is 0 Å². The van der Waals surface area contributed by atoms with Crippen LogP contribution in [0.1, 0.15) is 93.4 Å². The van der Waals surface area contributed by atoms with Crippen LogP contribution in [0.15, 0.2) is 60.8 Å². The van der Waals surface area contributed by atoms with Crippen molar-refractivity contribution in [1.29, 1.82) is 0 Å². The van der Waals surface area contributed by atoms with Gasteiger partial charge in [0.05, 0.1) is 27.7 Å². The van der Waals surface area contributed by atoms with Crippen molar-refractivity contribution in [1.82, 2.24) is 19.7 Å². The summed E-state index contributed by atoms with van der Waals surface area (Å²) in [7, 11) is 1.89. The van der Waals surface area contributed by atoms with Gasteiger partial charge in [-0.2, -0.15) is 5.10 Å². The Balaban J connectivity index is 1.07. The van der Waals surface area contributed by atoms with Crippen LogP contribution in [0.5, 0.6) is 0 Å². The van der Waals surface area contributed by atoms with Gasteiger partial charge in [-0.1, -0.05) is 62.3 Å². The van der Waals surface area contributed by atoms with E-state index in [9.17, 15) is 14.7 Å². The maximum atomic E-state index is 13.6. The minimum Gasteiger partial charge on any atom is -0.476 e. The molecule has 2 fully saturated rings. The van der Waals surface area contributed by atoms with Crippen LogP contribution >= 0.6 is 11.3 Å². The van der Waals surface area contributed by atoms with Gasteiger partial charge in [0.15, 0.2) is 10.8 Å². The van der Waals surface area contributed by atoms with Gasteiger partial charge < -0.3 is 9.84 Å². The fourth-order valence-electron chi connectivity index (χ4n) is 10.1. The Hall–Kier alpha value is -4.61. The SMILES string of the molecule is CCCC1(OC)CC2(C)CCCC(Cn3ncc(-c4ccc(-c5ccc6c(c5)N(C(=O)Nc5nc7ccccc7s5)CCC6)nc4C(=O)O)c3C)(C2)C1. The van der Waals surface area contributed by atoms with Crippen LogP contribution in [0, 0.1) is 17.8 Å². The molecular formula is C42H48N6O4S. The molecule has 276 valence electrons. The van der Waals surface area contributed by atoms with Crippen molar-refractivity contribution < 1.29 is 19.4 Å². The number of hydrogen-bond donors (Lipinski definition) is 2. The van der Waals surface area contributed by atoms with E-state index in [0.717, 1.165) is 96.2 Å². The smallest absolute Gasteiger partial charge is 0.355 e. The largest absolute Gasteiger partial charge is 0.476 e. The molecule has 11 heteroatoms. The molecule has 1 aliphatic heterocycles. The molecular weight excluding hydrogens is 685 g/mol. The first-order valence-electron chi connectivity index (χ1n) is 18.9. The number of para-hydroxylation sites is 1. The number of carboxylic acid groups (broad SMARTS) is 1. The number of rotatable bonds is 9. The Kier molecular flexibility index (Phi) is 9.13. The number of methoxy groups -OCH3 is 1. The monoisotopic (exact) mass is 732 g/mol. The van der Waals surface area contributed by atoms with Crippen LogP contribution in [0.25, 0.3) is 32.6 Å². The van der Waals surface area contributed by atoms with E-state index in [-0.39, 0.29) is 28.2 Å². The Labute approximate surface area is 314 Å². The molecule has 8 rings (SSSR count). The van der Waals surface area contributed by atoms with E-state index >= 15 is 0 Å². The molecule has 3 unspecified atom stereocenters. The van der Waals surface area contributed by atoms with E-state index < -0.39 is 5.97 Å². The normalized spacial score (nSPS) is 23.9. The Morgan fingerprint density at radius 3 is 2.66 bits per heavy atom. The molecule has 53 heavy (non-hydrogen) atoms. The van der Waals surface area contributed by atoms with Gasteiger partial charge in [0, 0.05) is 48.3 Å². The number of carbonyl (C=O) groups excluding carboxylic acids is 1. The lowest BCUT2D eigenvalue weighted by atomic mass is 9.51. The van der Waals surface area contributed by atoms with E-state index in [1.165, 1.54) is 24.2 Å². The average molecular weight is 733 g/mol. The van der Waals surface area contributed by atoms with Crippen LogP contribution in [-0.4, -0.2) is 56.1 Å². The van der Waals surface area contributed by atoms with Crippen LogP contribution in [0.4, 0.5) is 15.6 Å². The standard InChI is InChI=1S/C42H48N6O4S/c1-5-17-42(52-4)24-40(3)18-9-19-41(23-40,25-42)26-48-27(2)31(22-43-48)30-15-16-32(44-36(30)37(49)50)29-14-13-28-10-8-20-47(34(28)21-29)39(51)46-38-45-33-11-6-7-12-35(33)53-38/h6-7,11-16,21-22H,5,8-10,17-20,23-26H2,1-4H3,(H,49,50)(H,45,46,51). The predicted molar refractivity (Wildman–Crippen MR) is 210 cm³/mol. The number of carbonyl (C=O) groups is 2. The van der Waals surface area contributed by atoms with Crippen molar-refractivity contribution in [2.45, 2.75) is 97.1 Å². The summed E-state index contributed by atoms with van der Waals surface area (Å²) >= 11 is 1.45. The third kappa shape index (κ3) is 6.63. The highest BCUT2D eigenvalue weighted by Gasteiger charge is 2.55. The van der Waals surface area contributed by atoms with Crippen molar-refractivity contribution >= 4 is 44.4 Å². The number of carboxylic acids is 1. The van der Waals surface area contributed by atoms with Gasteiger partial charge in [0.1, 0.15) is 0 Å². The molecule has 0 saturated heterocycles. The van der Waals surface area contributed by atoms with Gasteiger partial charge >= 0.3 is 12.0 Å². The van der Waals surface area contributed by atoms with Crippen LogP contribution in [-0.2, 0) is 17.7 Å². The van der Waals surface area contributed by atoms with Crippen LogP contribution in [0.3, 0.4) is 0 Å². The second kappa shape index (κ2) is 13.7. The number of fused-ring (bicyclic) bond motifs is 4. The lowest BCUT2D eigenvalue weighted by molar-refractivity contribution is -0.152. The number of benzene rings is 2. The topological polar surface area (TPSA) is 122 Å². The summed E-state index contributed by atoms with van der Waals surface area (Å²) in [5, 5.41) is 18.9. The van der Waals surface area contributed by atoms with Crippen molar-refractivity contribution in [3.8, 4) is 22.4 Å². The zero-order chi connectivity index (χ0) is 37.0. The number of amides is 2. The number of nitrogens with zero attached hydrogens (tertiary/aromatic N) is 5. The highest BCUT2D eigenvalue weighted by atomic mass is 32.1. The maximum Gasteiger partial charge on any atom is 0.355 e. The number of aryl methyl sites for hydroxylation is 1. The first-order valence-corrected chi connectivity index (χ1v) is 19.7. The predicted octanol–water partition coefficient (Wildman–Crippen LogP) is 9.76. The molecule has 2 aromatic carbocycles. The molecule has 0 radical (unpaired) electrons. The van der Waals surface area contributed by atoms with Crippen LogP contribution < -0.4 is 10.2 Å². The summed E-state index contributed by atoms with van der Waals surface area (Å²) in [5.41, 5.74) is 6.44. The zero-order valence-corrected chi connectivity index (χ0v) is 31.9. The molecule has 2 saturated carbocycles. The zero-order valence-electron chi connectivity index (χ0n) is 31.1. The van der Waals surface area contributed by atoms with Gasteiger partial charge in [0.2, 0.25) is 0 Å². The Bertz CT molecular complexity index is 2180. The van der Waals surface area contributed by atoms with Gasteiger partial charge in [-0.05, 0) is 105 Å². The summed E-state index contributed by atoms with van der Waals surface area (Å²) in [6, 6.07) is 17.2. The quantitative estimate of drug-likeness (QED) is 0.155. The number of aromatic carboxylic acids is 1. The summed E-state index contributed by atoms with van der Waals surface area (Å²) in [5.74, 6) is -1.10. The Morgan fingerprint density at radius 1 is 1.02 bits per heavy atom. The van der Waals surface area contributed by atoms with E-state index in [0.29, 0.717) is 22.9 Å². The summed E-state index contributed by atoms with van der Waals surface area (Å²) in [4.78, 5) is 37.4. The van der Waals surface area contributed by atoms with Crippen LogP contribution in [0.2, 0.25) is 0 Å². The number of aromatic nitrogens is 4.